The molecular formula is C21H26FNO2. The van der Waals surface area contributed by atoms with Gasteiger partial charge in [0.05, 0.1) is 11.2 Å². The quantitative estimate of drug-likeness (QED) is 0.437. The summed E-state index contributed by atoms with van der Waals surface area (Å²) >= 11 is 0. The molecule has 1 aromatic heterocycles. The molecule has 4 heteroatoms. The van der Waals surface area contributed by atoms with Gasteiger partial charge in [0.15, 0.2) is 0 Å². The van der Waals surface area contributed by atoms with E-state index < -0.39 is 5.97 Å². The second kappa shape index (κ2) is 9.30. The predicted octanol–water partition coefficient (Wildman–Crippen LogP) is 5.98. The molecule has 2 rings (SSSR count). The highest BCUT2D eigenvalue weighted by Crippen LogP contribution is 2.31. The Bertz CT molecular complexity index is 768. The van der Waals surface area contributed by atoms with Crippen molar-refractivity contribution in [2.75, 3.05) is 0 Å². The van der Waals surface area contributed by atoms with Crippen molar-refractivity contribution in [3.8, 4) is 5.75 Å². The van der Waals surface area contributed by atoms with Crippen molar-refractivity contribution in [2.24, 2.45) is 0 Å². The molecule has 134 valence electrons. The SMILES string of the molecule is CCCCCCC/C=C\c1nc2ccc(F)cc2c(OC(C)=O)c1C. The number of ether oxygens (including phenoxy) is 1. The Labute approximate surface area is 148 Å². The van der Waals surface area contributed by atoms with Crippen LogP contribution in [0.3, 0.4) is 0 Å². The van der Waals surface area contributed by atoms with E-state index >= 15 is 0 Å². The normalized spacial score (nSPS) is 11.4. The van der Waals surface area contributed by atoms with Gasteiger partial charge in [-0.2, -0.15) is 0 Å². The topological polar surface area (TPSA) is 39.2 Å². The third kappa shape index (κ3) is 5.38. The van der Waals surface area contributed by atoms with E-state index in [4.69, 9.17) is 4.74 Å². The number of halogens is 1. The van der Waals surface area contributed by atoms with Crippen molar-refractivity contribution in [3.05, 3.63) is 41.3 Å². The average Bonchev–Trinajstić information content (AvgIpc) is 2.57. The van der Waals surface area contributed by atoms with Crippen molar-refractivity contribution in [3.63, 3.8) is 0 Å². The van der Waals surface area contributed by atoms with Gasteiger partial charge in [-0.15, -0.1) is 0 Å². The highest BCUT2D eigenvalue weighted by atomic mass is 19.1. The molecule has 0 saturated heterocycles. The minimum Gasteiger partial charge on any atom is -0.426 e. The molecule has 3 nitrogen and oxygen atoms in total. The molecule has 0 atom stereocenters. The molecule has 0 bridgehead atoms. The number of hydrogen-bond acceptors (Lipinski definition) is 3. The van der Waals surface area contributed by atoms with Crippen LogP contribution in [0.25, 0.3) is 17.0 Å². The second-order valence-electron chi connectivity index (χ2n) is 6.31. The molecule has 2 aromatic rings. The molecule has 25 heavy (non-hydrogen) atoms. The van der Waals surface area contributed by atoms with Crippen molar-refractivity contribution in [2.45, 2.75) is 59.3 Å². The molecule has 0 saturated carbocycles. The fourth-order valence-corrected chi connectivity index (χ4v) is 2.82. The van der Waals surface area contributed by atoms with Crippen LogP contribution in [0.5, 0.6) is 5.75 Å². The van der Waals surface area contributed by atoms with Crippen molar-refractivity contribution < 1.29 is 13.9 Å². The summed E-state index contributed by atoms with van der Waals surface area (Å²) in [4.78, 5) is 16.0. The average molecular weight is 343 g/mol. The Balaban J connectivity index is 2.23. The summed E-state index contributed by atoms with van der Waals surface area (Å²) in [5.41, 5.74) is 2.12. The fourth-order valence-electron chi connectivity index (χ4n) is 2.82. The zero-order valence-corrected chi connectivity index (χ0v) is 15.3. The summed E-state index contributed by atoms with van der Waals surface area (Å²) in [6.07, 6.45) is 11.3. The molecule has 0 spiro atoms. The zero-order chi connectivity index (χ0) is 18.2. The molecule has 0 radical (unpaired) electrons. The summed E-state index contributed by atoms with van der Waals surface area (Å²) in [5.74, 6) is -0.414. The molecule has 0 aliphatic carbocycles. The number of pyridine rings is 1. The number of carbonyl (C=O) groups excluding carboxylic acids is 1. The number of nitrogens with zero attached hydrogens (tertiary/aromatic N) is 1. The smallest absolute Gasteiger partial charge is 0.308 e. The Morgan fingerprint density at radius 3 is 2.72 bits per heavy atom. The maximum Gasteiger partial charge on any atom is 0.308 e. The Morgan fingerprint density at radius 2 is 2.00 bits per heavy atom. The van der Waals surface area contributed by atoms with E-state index in [1.165, 1.54) is 44.7 Å². The first-order chi connectivity index (χ1) is 12.0. The third-order valence-electron chi connectivity index (χ3n) is 4.16. The molecule has 1 aromatic carbocycles. The van der Waals surface area contributed by atoms with Gasteiger partial charge >= 0.3 is 5.97 Å². The molecule has 0 amide bonds. The molecule has 0 N–H and O–H groups in total. The maximum absolute atomic E-state index is 13.6. The van der Waals surface area contributed by atoms with Crippen molar-refractivity contribution >= 4 is 22.9 Å². The lowest BCUT2D eigenvalue weighted by Gasteiger charge is -2.12. The number of benzene rings is 1. The molecule has 0 unspecified atom stereocenters. The van der Waals surface area contributed by atoms with Crippen LogP contribution in [0, 0.1) is 12.7 Å². The van der Waals surface area contributed by atoms with E-state index in [9.17, 15) is 9.18 Å². The molecule has 1 heterocycles. The minimum atomic E-state index is -0.425. The van der Waals surface area contributed by atoms with Crippen LogP contribution in [0.2, 0.25) is 0 Å². The standard InChI is InChI=1S/C21H26FNO2/c1-4-5-6-7-8-9-10-11-19-15(2)21(25-16(3)24)18-14-17(22)12-13-20(18)23-19/h10-14H,4-9H2,1-3H3/b11-10-. The van der Waals surface area contributed by atoms with Crippen LogP contribution < -0.4 is 4.74 Å². The Morgan fingerprint density at radius 1 is 1.24 bits per heavy atom. The second-order valence-corrected chi connectivity index (χ2v) is 6.31. The number of unbranched alkanes of at least 4 members (excludes halogenated alkanes) is 5. The first kappa shape index (κ1) is 19.1. The first-order valence-corrected chi connectivity index (χ1v) is 8.97. The van der Waals surface area contributed by atoms with E-state index in [0.717, 1.165) is 24.1 Å². The van der Waals surface area contributed by atoms with E-state index in [2.05, 4.69) is 18.0 Å². The van der Waals surface area contributed by atoms with Crippen LogP contribution in [-0.2, 0) is 4.79 Å². The number of fused-ring (bicyclic) bond motifs is 1. The molecular weight excluding hydrogens is 317 g/mol. The highest BCUT2D eigenvalue weighted by Gasteiger charge is 2.14. The van der Waals surface area contributed by atoms with Gasteiger partial charge in [0.2, 0.25) is 0 Å². The molecule has 0 aliphatic rings. The summed E-state index contributed by atoms with van der Waals surface area (Å²) in [6.45, 7) is 5.40. The van der Waals surface area contributed by atoms with Gasteiger partial charge in [0.1, 0.15) is 11.6 Å². The monoisotopic (exact) mass is 343 g/mol. The van der Waals surface area contributed by atoms with Crippen molar-refractivity contribution in [1.82, 2.24) is 4.98 Å². The van der Waals surface area contributed by atoms with Crippen LogP contribution >= 0.6 is 0 Å². The number of rotatable bonds is 8. The lowest BCUT2D eigenvalue weighted by molar-refractivity contribution is -0.131. The van der Waals surface area contributed by atoms with E-state index in [0.29, 0.717) is 16.7 Å². The third-order valence-corrected chi connectivity index (χ3v) is 4.16. The first-order valence-electron chi connectivity index (χ1n) is 8.97. The predicted molar refractivity (Wildman–Crippen MR) is 100 cm³/mol. The number of allylic oxidation sites excluding steroid dienone is 1. The lowest BCUT2D eigenvalue weighted by Crippen LogP contribution is -2.05. The zero-order valence-electron chi connectivity index (χ0n) is 15.3. The van der Waals surface area contributed by atoms with Gasteiger partial charge in [0.25, 0.3) is 0 Å². The summed E-state index contributed by atoms with van der Waals surface area (Å²) < 4.78 is 18.9. The minimum absolute atomic E-state index is 0.377. The number of aromatic nitrogens is 1. The largest absolute Gasteiger partial charge is 0.426 e. The lowest BCUT2D eigenvalue weighted by atomic mass is 10.1. The fraction of sp³-hybridized carbons (Fsp3) is 0.429. The Kier molecular flexibility index (Phi) is 7.11. The number of carbonyl (C=O) groups is 1. The van der Waals surface area contributed by atoms with E-state index in [1.54, 1.807) is 6.07 Å². The van der Waals surface area contributed by atoms with Crippen LogP contribution in [0.4, 0.5) is 4.39 Å². The molecule has 0 fully saturated rings. The summed E-state index contributed by atoms with van der Waals surface area (Å²) in [7, 11) is 0. The van der Waals surface area contributed by atoms with E-state index in [-0.39, 0.29) is 5.82 Å². The van der Waals surface area contributed by atoms with Gasteiger partial charge in [-0.3, -0.25) is 4.79 Å². The summed E-state index contributed by atoms with van der Waals surface area (Å²) in [5, 5.41) is 0.518. The van der Waals surface area contributed by atoms with Crippen molar-refractivity contribution in [1.29, 1.82) is 0 Å². The Hall–Kier alpha value is -2.23. The molecule has 0 aliphatic heterocycles. The van der Waals surface area contributed by atoms with Gasteiger partial charge in [-0.05, 0) is 44.0 Å². The number of esters is 1. The van der Waals surface area contributed by atoms with Crippen LogP contribution in [0.15, 0.2) is 24.3 Å². The van der Waals surface area contributed by atoms with Crippen LogP contribution in [-0.4, -0.2) is 11.0 Å². The van der Waals surface area contributed by atoms with Gasteiger partial charge in [0, 0.05) is 17.9 Å². The van der Waals surface area contributed by atoms with Crippen LogP contribution in [0.1, 0.15) is 63.6 Å². The van der Waals surface area contributed by atoms with Gasteiger partial charge < -0.3 is 4.74 Å². The van der Waals surface area contributed by atoms with Gasteiger partial charge in [-0.25, -0.2) is 9.37 Å². The summed E-state index contributed by atoms with van der Waals surface area (Å²) in [6, 6.07) is 4.33. The van der Waals surface area contributed by atoms with Gasteiger partial charge in [-0.1, -0.05) is 38.7 Å². The number of hydrogen-bond donors (Lipinski definition) is 0. The maximum atomic E-state index is 13.6. The van der Waals surface area contributed by atoms with E-state index in [1.807, 2.05) is 13.0 Å². The highest BCUT2D eigenvalue weighted by molar-refractivity contribution is 5.90.